The van der Waals surface area contributed by atoms with Crippen molar-refractivity contribution in [3.63, 3.8) is 0 Å². The van der Waals surface area contributed by atoms with Gasteiger partial charge in [-0.3, -0.25) is 9.59 Å². The summed E-state index contributed by atoms with van der Waals surface area (Å²) in [5.74, 6) is 0.838. The maximum Gasteiger partial charge on any atom is 0.245 e. The maximum absolute atomic E-state index is 13.0. The highest BCUT2D eigenvalue weighted by Gasteiger charge is 2.46. The minimum absolute atomic E-state index is 0.0195. The first-order chi connectivity index (χ1) is 12.6. The van der Waals surface area contributed by atoms with Crippen LogP contribution in [0.1, 0.15) is 35.6 Å². The summed E-state index contributed by atoms with van der Waals surface area (Å²) < 4.78 is 0. The number of nitrogens with one attached hydrogen (secondary N) is 1. The molecule has 2 fully saturated rings. The van der Waals surface area contributed by atoms with Gasteiger partial charge in [-0.15, -0.1) is 11.3 Å². The van der Waals surface area contributed by atoms with E-state index in [1.54, 1.807) is 11.1 Å². The molecular formula is C20H23N3O2S. The Morgan fingerprint density at radius 1 is 1.27 bits per heavy atom. The van der Waals surface area contributed by atoms with Crippen molar-refractivity contribution in [1.82, 2.24) is 9.88 Å². The summed E-state index contributed by atoms with van der Waals surface area (Å²) in [7, 11) is 0. The molecule has 2 unspecified atom stereocenters. The van der Waals surface area contributed by atoms with Gasteiger partial charge in [0.15, 0.2) is 5.13 Å². The fraction of sp³-hybridized carbons (Fsp3) is 0.450. The lowest BCUT2D eigenvalue weighted by Crippen LogP contribution is -2.40. The Kier molecular flexibility index (Phi) is 4.76. The van der Waals surface area contributed by atoms with Gasteiger partial charge in [0, 0.05) is 23.5 Å². The van der Waals surface area contributed by atoms with E-state index in [1.165, 1.54) is 16.9 Å². The average molecular weight is 369 g/mol. The largest absolute Gasteiger partial charge is 0.333 e. The highest BCUT2D eigenvalue weighted by Crippen LogP contribution is 2.48. The fourth-order valence-electron chi connectivity index (χ4n) is 3.36. The predicted octanol–water partition coefficient (Wildman–Crippen LogP) is 3.43. The number of hydrogen-bond donors (Lipinski definition) is 1. The summed E-state index contributed by atoms with van der Waals surface area (Å²) in [6, 6.07) is 10.2. The second-order valence-corrected chi connectivity index (χ2v) is 8.58. The van der Waals surface area contributed by atoms with Gasteiger partial charge in [0.05, 0.1) is 6.54 Å². The highest BCUT2D eigenvalue weighted by atomic mass is 32.1. The molecule has 1 N–H and O–H groups in total. The van der Waals surface area contributed by atoms with Crippen LogP contribution in [0.15, 0.2) is 36.5 Å². The zero-order chi connectivity index (χ0) is 18.1. The van der Waals surface area contributed by atoms with Crippen LogP contribution in [0, 0.1) is 18.8 Å². The SMILES string of the molecule is Cc1cnc(NC(=O)CN(CC2CC2)C(=O)C2CC2c2ccccc2)s1. The number of carbonyl (C=O) groups excluding carboxylic acids is 2. The molecule has 2 aromatic rings. The monoisotopic (exact) mass is 369 g/mol. The topological polar surface area (TPSA) is 62.3 Å². The van der Waals surface area contributed by atoms with Crippen LogP contribution in [0.25, 0.3) is 0 Å². The molecule has 1 aromatic carbocycles. The molecule has 136 valence electrons. The number of hydrogen-bond acceptors (Lipinski definition) is 4. The lowest BCUT2D eigenvalue weighted by Gasteiger charge is -2.22. The molecule has 2 aliphatic rings. The Labute approximate surface area is 157 Å². The molecular weight excluding hydrogens is 346 g/mol. The van der Waals surface area contributed by atoms with E-state index in [2.05, 4.69) is 22.4 Å². The Balaban J connectivity index is 1.38. The molecule has 0 aliphatic heterocycles. The number of amides is 2. The number of aromatic nitrogens is 1. The van der Waals surface area contributed by atoms with E-state index >= 15 is 0 Å². The van der Waals surface area contributed by atoms with Crippen molar-refractivity contribution < 1.29 is 9.59 Å². The quantitative estimate of drug-likeness (QED) is 0.813. The minimum atomic E-state index is -0.162. The molecule has 2 amide bonds. The second-order valence-electron chi connectivity index (χ2n) is 7.35. The molecule has 0 bridgehead atoms. The molecule has 2 atom stereocenters. The molecule has 1 aromatic heterocycles. The van der Waals surface area contributed by atoms with Gasteiger partial charge in [0.1, 0.15) is 0 Å². The number of nitrogens with zero attached hydrogens (tertiary/aromatic N) is 2. The van der Waals surface area contributed by atoms with E-state index in [0.29, 0.717) is 23.5 Å². The third-order valence-electron chi connectivity index (χ3n) is 5.02. The minimum Gasteiger partial charge on any atom is -0.333 e. The third kappa shape index (κ3) is 4.12. The summed E-state index contributed by atoms with van der Waals surface area (Å²) in [5, 5.41) is 3.42. The first-order valence-corrected chi connectivity index (χ1v) is 9.98. The average Bonchev–Trinajstić information content (AvgIpc) is 3.54. The molecule has 1 heterocycles. The van der Waals surface area contributed by atoms with Crippen molar-refractivity contribution in [2.24, 2.45) is 11.8 Å². The first-order valence-electron chi connectivity index (χ1n) is 9.16. The number of thiazole rings is 1. The van der Waals surface area contributed by atoms with E-state index in [4.69, 9.17) is 0 Å². The number of rotatable bonds is 7. The smallest absolute Gasteiger partial charge is 0.245 e. The molecule has 2 aliphatic carbocycles. The van der Waals surface area contributed by atoms with Crippen LogP contribution < -0.4 is 5.32 Å². The summed E-state index contributed by atoms with van der Waals surface area (Å²) >= 11 is 1.45. The predicted molar refractivity (Wildman–Crippen MR) is 102 cm³/mol. The van der Waals surface area contributed by atoms with Crippen molar-refractivity contribution in [2.75, 3.05) is 18.4 Å². The maximum atomic E-state index is 13.0. The number of benzene rings is 1. The molecule has 0 spiro atoms. The number of carbonyl (C=O) groups is 2. The van der Waals surface area contributed by atoms with Gasteiger partial charge in [-0.2, -0.15) is 0 Å². The highest BCUT2D eigenvalue weighted by molar-refractivity contribution is 7.15. The van der Waals surface area contributed by atoms with Crippen LogP contribution >= 0.6 is 11.3 Å². The van der Waals surface area contributed by atoms with Crippen molar-refractivity contribution >= 4 is 28.3 Å². The zero-order valence-electron chi connectivity index (χ0n) is 14.9. The van der Waals surface area contributed by atoms with Gasteiger partial charge in [0.2, 0.25) is 11.8 Å². The van der Waals surface area contributed by atoms with Gasteiger partial charge in [0.25, 0.3) is 0 Å². The summed E-state index contributed by atoms with van der Waals surface area (Å²) in [6.45, 7) is 2.76. The Morgan fingerprint density at radius 2 is 2.04 bits per heavy atom. The van der Waals surface area contributed by atoms with E-state index in [0.717, 1.165) is 24.1 Å². The van der Waals surface area contributed by atoms with E-state index in [9.17, 15) is 9.59 Å². The zero-order valence-corrected chi connectivity index (χ0v) is 15.7. The molecule has 2 saturated carbocycles. The number of anilines is 1. The van der Waals surface area contributed by atoms with E-state index < -0.39 is 0 Å². The van der Waals surface area contributed by atoms with E-state index in [-0.39, 0.29) is 24.3 Å². The van der Waals surface area contributed by atoms with Crippen LogP contribution in [-0.4, -0.2) is 34.8 Å². The van der Waals surface area contributed by atoms with Crippen molar-refractivity contribution in [3.05, 3.63) is 47.0 Å². The Morgan fingerprint density at radius 3 is 2.69 bits per heavy atom. The van der Waals surface area contributed by atoms with Crippen LogP contribution in [0.4, 0.5) is 5.13 Å². The van der Waals surface area contributed by atoms with Crippen LogP contribution in [0.2, 0.25) is 0 Å². The van der Waals surface area contributed by atoms with Crippen LogP contribution in [0.5, 0.6) is 0 Å². The lowest BCUT2D eigenvalue weighted by molar-refractivity contribution is -0.136. The van der Waals surface area contributed by atoms with E-state index in [1.807, 2.05) is 25.1 Å². The van der Waals surface area contributed by atoms with Gasteiger partial charge >= 0.3 is 0 Å². The third-order valence-corrected chi connectivity index (χ3v) is 5.85. The molecule has 0 radical (unpaired) electrons. The fourth-order valence-corrected chi connectivity index (χ4v) is 4.04. The van der Waals surface area contributed by atoms with Gasteiger partial charge in [-0.1, -0.05) is 30.3 Å². The molecule has 0 saturated heterocycles. The summed E-state index contributed by atoms with van der Waals surface area (Å²) in [6.07, 6.45) is 4.94. The summed E-state index contributed by atoms with van der Waals surface area (Å²) in [5.41, 5.74) is 1.22. The van der Waals surface area contributed by atoms with Crippen LogP contribution in [-0.2, 0) is 9.59 Å². The van der Waals surface area contributed by atoms with Gasteiger partial charge in [-0.05, 0) is 43.6 Å². The van der Waals surface area contributed by atoms with Crippen molar-refractivity contribution in [3.8, 4) is 0 Å². The first kappa shape index (κ1) is 17.2. The number of aryl methyl sites for hydroxylation is 1. The second kappa shape index (κ2) is 7.19. The molecule has 4 rings (SSSR count). The van der Waals surface area contributed by atoms with Gasteiger partial charge < -0.3 is 10.2 Å². The molecule has 6 heteroatoms. The molecule has 26 heavy (non-hydrogen) atoms. The van der Waals surface area contributed by atoms with Crippen molar-refractivity contribution in [1.29, 1.82) is 0 Å². The standard InChI is InChI=1S/C20H23N3O2S/c1-13-10-21-20(26-13)22-18(24)12-23(11-14-7-8-14)19(25)17-9-16(17)15-5-3-2-4-6-15/h2-6,10,14,16-17H,7-9,11-12H2,1H3,(H,21,22,24). The van der Waals surface area contributed by atoms with Gasteiger partial charge in [-0.25, -0.2) is 4.98 Å². The Bertz CT molecular complexity index is 800. The lowest BCUT2D eigenvalue weighted by atomic mass is 10.1. The van der Waals surface area contributed by atoms with Crippen molar-refractivity contribution in [2.45, 2.75) is 32.1 Å². The molecule has 5 nitrogen and oxygen atoms in total. The Hall–Kier alpha value is -2.21. The summed E-state index contributed by atoms with van der Waals surface area (Å²) in [4.78, 5) is 32.4. The van der Waals surface area contributed by atoms with Crippen LogP contribution in [0.3, 0.4) is 0 Å². The normalized spacial score (nSPS) is 21.3.